The molecule has 0 aliphatic heterocycles. The number of nitrogens with one attached hydrogen (secondary N) is 3. The molecule has 1 saturated carbocycles. The van der Waals surface area contributed by atoms with Gasteiger partial charge in [-0.1, -0.05) is 36.6 Å². The first kappa shape index (κ1) is 27.7. The molecule has 4 rings (SSSR count). The number of carbonyl (C=O) groups is 4. The Bertz CT molecular complexity index is 1420. The van der Waals surface area contributed by atoms with Crippen molar-refractivity contribution in [1.29, 1.82) is 0 Å². The SMILES string of the molecule is COC(=O)COc1ccc2c(NC(=O)N[C@@H](CC3CC3)C(=O)NCc3cccc(Cl)c3F)cn(C(N)=O)c2c1. The van der Waals surface area contributed by atoms with Gasteiger partial charge in [-0.3, -0.25) is 9.36 Å². The third-order valence-electron chi connectivity index (χ3n) is 6.22. The highest BCUT2D eigenvalue weighted by Gasteiger charge is 2.30. The van der Waals surface area contributed by atoms with Gasteiger partial charge in [-0.25, -0.2) is 18.8 Å². The van der Waals surface area contributed by atoms with Crippen molar-refractivity contribution in [2.45, 2.75) is 31.8 Å². The molecule has 1 atom stereocenters. The Balaban J connectivity index is 1.46. The molecule has 13 heteroatoms. The monoisotopic (exact) mass is 559 g/mol. The quantitative estimate of drug-likeness (QED) is 0.279. The molecule has 1 aromatic heterocycles. The normalized spacial score (nSPS) is 13.4. The molecule has 1 heterocycles. The van der Waals surface area contributed by atoms with Gasteiger partial charge in [0.25, 0.3) is 0 Å². The van der Waals surface area contributed by atoms with Crippen molar-refractivity contribution in [3.05, 3.63) is 59.0 Å². The summed E-state index contributed by atoms with van der Waals surface area (Å²) in [5, 5.41) is 8.40. The van der Waals surface area contributed by atoms with Gasteiger partial charge in [0.15, 0.2) is 6.61 Å². The zero-order chi connectivity index (χ0) is 28.1. The Morgan fingerprint density at radius 1 is 1.21 bits per heavy atom. The van der Waals surface area contributed by atoms with Crippen LogP contribution in [-0.4, -0.2) is 48.3 Å². The van der Waals surface area contributed by atoms with Crippen molar-refractivity contribution in [3.8, 4) is 5.75 Å². The standard InChI is InChI=1S/C26H27ClFN5O6/c1-38-22(34)13-39-16-7-8-17-20(12-33(25(29)36)21(17)10-16)32-26(37)31-19(9-14-5-6-14)24(35)30-11-15-3-2-4-18(27)23(15)28/h2-4,7-8,10,12,14,19H,5-6,9,11,13H2,1H3,(H2,29,36)(H,30,35)(H2,31,32,37)/t19-/m0/s1. The van der Waals surface area contributed by atoms with E-state index in [-0.39, 0.29) is 35.2 Å². The van der Waals surface area contributed by atoms with Crippen molar-refractivity contribution in [2.24, 2.45) is 11.7 Å². The fourth-order valence-electron chi connectivity index (χ4n) is 4.01. The average molecular weight is 560 g/mol. The Morgan fingerprint density at radius 2 is 1.97 bits per heavy atom. The van der Waals surface area contributed by atoms with Crippen LogP contribution in [0.4, 0.5) is 19.7 Å². The van der Waals surface area contributed by atoms with Crippen molar-refractivity contribution in [3.63, 3.8) is 0 Å². The van der Waals surface area contributed by atoms with Crippen LogP contribution >= 0.6 is 11.6 Å². The summed E-state index contributed by atoms with van der Waals surface area (Å²) < 4.78 is 25.2. The van der Waals surface area contributed by atoms with Gasteiger partial charge in [-0.05, 0) is 30.5 Å². The van der Waals surface area contributed by atoms with Gasteiger partial charge >= 0.3 is 18.0 Å². The molecule has 11 nitrogen and oxygen atoms in total. The van der Waals surface area contributed by atoms with Crippen LogP contribution in [-0.2, 0) is 20.9 Å². The molecule has 5 N–H and O–H groups in total. The molecule has 0 saturated heterocycles. The maximum atomic E-state index is 14.2. The molecule has 0 radical (unpaired) electrons. The molecule has 206 valence electrons. The maximum absolute atomic E-state index is 14.2. The van der Waals surface area contributed by atoms with Crippen molar-refractivity contribution >= 4 is 52.1 Å². The van der Waals surface area contributed by atoms with E-state index in [0.717, 1.165) is 17.4 Å². The minimum atomic E-state index is -0.873. The van der Waals surface area contributed by atoms with E-state index in [1.807, 2.05) is 0 Å². The minimum Gasteiger partial charge on any atom is -0.482 e. The predicted molar refractivity (Wildman–Crippen MR) is 141 cm³/mol. The summed E-state index contributed by atoms with van der Waals surface area (Å²) in [6.45, 7) is -0.427. The Labute approximate surface area is 227 Å². The molecular weight excluding hydrogens is 533 g/mol. The molecular formula is C26H27ClFN5O6. The first-order valence-electron chi connectivity index (χ1n) is 12.1. The number of esters is 1. The lowest BCUT2D eigenvalue weighted by atomic mass is 10.1. The number of anilines is 1. The summed E-state index contributed by atoms with van der Waals surface area (Å²) in [5.41, 5.74) is 6.30. The summed E-state index contributed by atoms with van der Waals surface area (Å²) in [6, 6.07) is 6.78. The van der Waals surface area contributed by atoms with E-state index in [4.69, 9.17) is 22.1 Å². The second kappa shape index (κ2) is 12.0. The number of methoxy groups -OCH3 is 1. The Kier molecular flexibility index (Phi) is 8.55. The number of nitrogens with two attached hydrogens (primary N) is 1. The average Bonchev–Trinajstić information content (AvgIpc) is 3.66. The lowest BCUT2D eigenvalue weighted by molar-refractivity contribution is -0.142. The zero-order valence-electron chi connectivity index (χ0n) is 21.0. The summed E-state index contributed by atoms with van der Waals surface area (Å²) in [6.07, 6.45) is 3.65. The van der Waals surface area contributed by atoms with Gasteiger partial charge in [0.2, 0.25) is 5.91 Å². The second-order valence-corrected chi connectivity index (χ2v) is 9.46. The summed E-state index contributed by atoms with van der Waals surface area (Å²) in [7, 11) is 1.23. The largest absolute Gasteiger partial charge is 0.482 e. The molecule has 1 fully saturated rings. The third-order valence-corrected chi connectivity index (χ3v) is 6.51. The fraction of sp³-hybridized carbons (Fsp3) is 0.308. The van der Waals surface area contributed by atoms with Crippen LogP contribution in [0.5, 0.6) is 5.75 Å². The first-order chi connectivity index (χ1) is 18.7. The fourth-order valence-corrected chi connectivity index (χ4v) is 4.20. The van der Waals surface area contributed by atoms with Crippen LogP contribution in [0.15, 0.2) is 42.6 Å². The molecule has 3 aromatic rings. The number of amides is 4. The molecule has 0 spiro atoms. The number of primary amides is 1. The topological polar surface area (TPSA) is 154 Å². The number of benzene rings is 2. The maximum Gasteiger partial charge on any atom is 0.343 e. The number of hydrogen-bond acceptors (Lipinski definition) is 6. The van der Waals surface area contributed by atoms with Gasteiger partial charge in [-0.15, -0.1) is 0 Å². The molecule has 0 unspecified atom stereocenters. The van der Waals surface area contributed by atoms with Crippen LogP contribution in [0.3, 0.4) is 0 Å². The van der Waals surface area contributed by atoms with Crippen LogP contribution in [0.25, 0.3) is 10.9 Å². The Hall–Kier alpha value is -4.32. The number of carbonyl (C=O) groups excluding carboxylic acids is 4. The van der Waals surface area contributed by atoms with Crippen LogP contribution in [0, 0.1) is 11.7 Å². The molecule has 4 amide bonds. The Morgan fingerprint density at radius 3 is 2.67 bits per heavy atom. The van der Waals surface area contributed by atoms with E-state index in [0.29, 0.717) is 23.2 Å². The van der Waals surface area contributed by atoms with Gasteiger partial charge in [0, 0.05) is 29.8 Å². The summed E-state index contributed by atoms with van der Waals surface area (Å²) in [4.78, 5) is 49.2. The van der Waals surface area contributed by atoms with Gasteiger partial charge in [0.1, 0.15) is 17.6 Å². The molecule has 0 bridgehead atoms. The molecule has 1 aliphatic carbocycles. The lowest BCUT2D eigenvalue weighted by Gasteiger charge is -2.19. The number of halogens is 2. The number of rotatable bonds is 10. The van der Waals surface area contributed by atoms with Crippen molar-refractivity contribution < 1.29 is 33.0 Å². The van der Waals surface area contributed by atoms with E-state index >= 15 is 0 Å². The lowest BCUT2D eigenvalue weighted by Crippen LogP contribution is -2.48. The minimum absolute atomic E-state index is 0.0499. The number of nitrogens with zero attached hydrogens (tertiary/aromatic N) is 1. The third kappa shape index (κ3) is 6.96. The molecule has 39 heavy (non-hydrogen) atoms. The van der Waals surface area contributed by atoms with E-state index in [9.17, 15) is 23.6 Å². The highest BCUT2D eigenvalue weighted by atomic mass is 35.5. The number of ether oxygens (including phenoxy) is 2. The van der Waals surface area contributed by atoms with E-state index in [1.54, 1.807) is 18.2 Å². The van der Waals surface area contributed by atoms with Gasteiger partial charge in [0.05, 0.1) is 23.3 Å². The van der Waals surface area contributed by atoms with Gasteiger partial charge < -0.3 is 31.2 Å². The van der Waals surface area contributed by atoms with Crippen molar-refractivity contribution in [1.82, 2.24) is 15.2 Å². The van der Waals surface area contributed by atoms with E-state index in [1.165, 1.54) is 31.5 Å². The summed E-state index contributed by atoms with van der Waals surface area (Å²) >= 11 is 5.81. The zero-order valence-corrected chi connectivity index (χ0v) is 21.7. The number of aromatic nitrogens is 1. The van der Waals surface area contributed by atoms with Crippen LogP contribution in [0.1, 0.15) is 24.8 Å². The first-order valence-corrected chi connectivity index (χ1v) is 12.5. The van der Waals surface area contributed by atoms with Crippen LogP contribution in [0.2, 0.25) is 5.02 Å². The highest BCUT2D eigenvalue weighted by Crippen LogP contribution is 2.34. The number of urea groups is 1. The van der Waals surface area contributed by atoms with E-state index < -0.39 is 35.8 Å². The van der Waals surface area contributed by atoms with Crippen molar-refractivity contribution in [2.75, 3.05) is 19.0 Å². The number of hydrogen-bond donors (Lipinski definition) is 4. The van der Waals surface area contributed by atoms with E-state index in [2.05, 4.69) is 20.7 Å². The predicted octanol–water partition coefficient (Wildman–Crippen LogP) is 3.52. The second-order valence-electron chi connectivity index (χ2n) is 9.06. The van der Waals surface area contributed by atoms with Gasteiger partial charge in [-0.2, -0.15) is 0 Å². The highest BCUT2D eigenvalue weighted by molar-refractivity contribution is 6.30. The van der Waals surface area contributed by atoms with Crippen LogP contribution < -0.4 is 26.4 Å². The smallest absolute Gasteiger partial charge is 0.343 e. The summed E-state index contributed by atoms with van der Waals surface area (Å²) in [5.74, 6) is -1.09. The molecule has 2 aromatic carbocycles. The molecule has 1 aliphatic rings. The number of fused-ring (bicyclic) bond motifs is 1.